The van der Waals surface area contributed by atoms with Gasteiger partial charge >= 0.3 is 12.3 Å². The van der Waals surface area contributed by atoms with E-state index < -0.39 is 17.5 Å². The first-order valence-electron chi connectivity index (χ1n) is 11.7. The molecule has 2 amide bonds. The Labute approximate surface area is 192 Å². The van der Waals surface area contributed by atoms with Crippen LogP contribution < -0.4 is 0 Å². The Kier molecular flexibility index (Phi) is 6.62. The molecule has 0 aromatic heterocycles. The molecule has 6 nitrogen and oxygen atoms in total. The number of hydrogen-bond acceptors (Lipinski definition) is 4. The molecule has 0 unspecified atom stereocenters. The lowest BCUT2D eigenvalue weighted by Gasteiger charge is -2.52. The van der Waals surface area contributed by atoms with Crippen molar-refractivity contribution in [2.45, 2.75) is 63.9 Å². The number of halogens is 3. The van der Waals surface area contributed by atoms with Gasteiger partial charge in [0.25, 0.3) is 0 Å². The van der Waals surface area contributed by atoms with Crippen LogP contribution in [-0.2, 0) is 26.9 Å². The van der Waals surface area contributed by atoms with Gasteiger partial charge in [-0.3, -0.25) is 4.79 Å². The highest BCUT2D eigenvalue weighted by molar-refractivity contribution is 5.79. The molecular weight excluding hydrogens is 437 g/mol. The highest BCUT2D eigenvalue weighted by atomic mass is 19.4. The maximum Gasteiger partial charge on any atom is 0.416 e. The highest BCUT2D eigenvalue weighted by Gasteiger charge is 2.59. The largest absolute Gasteiger partial charge is 0.449 e. The number of benzene rings is 1. The molecule has 1 spiro atoms. The van der Waals surface area contributed by atoms with E-state index in [0.717, 1.165) is 17.7 Å². The molecule has 1 aromatic carbocycles. The van der Waals surface area contributed by atoms with Crippen molar-refractivity contribution in [2.24, 2.45) is 11.8 Å². The van der Waals surface area contributed by atoms with E-state index >= 15 is 0 Å². The minimum absolute atomic E-state index is 0.0624. The maximum absolute atomic E-state index is 12.7. The van der Waals surface area contributed by atoms with Crippen molar-refractivity contribution in [1.82, 2.24) is 9.80 Å². The number of piperidine rings is 2. The predicted molar refractivity (Wildman–Crippen MR) is 114 cm³/mol. The summed E-state index contributed by atoms with van der Waals surface area (Å²) in [6.45, 7) is 5.88. The number of carbonyl (C=O) groups excluding carboxylic acids is 2. The molecule has 4 rings (SSSR count). The zero-order chi connectivity index (χ0) is 23.8. The van der Waals surface area contributed by atoms with Gasteiger partial charge in [-0.25, -0.2) is 4.79 Å². The van der Waals surface area contributed by atoms with Crippen molar-refractivity contribution < 1.29 is 32.2 Å². The first kappa shape index (κ1) is 23.9. The normalized spacial score (nSPS) is 27.5. The first-order chi connectivity index (χ1) is 15.6. The van der Waals surface area contributed by atoms with Gasteiger partial charge in [-0.05, 0) is 42.9 Å². The molecule has 3 aliphatic heterocycles. The van der Waals surface area contributed by atoms with E-state index in [1.807, 2.05) is 4.90 Å². The molecule has 3 saturated heterocycles. The van der Waals surface area contributed by atoms with Crippen molar-refractivity contribution in [3.8, 4) is 0 Å². The fraction of sp³-hybridized carbons (Fsp3) is 0.667. The summed E-state index contributed by atoms with van der Waals surface area (Å²) in [5, 5.41) is 0. The lowest BCUT2D eigenvalue weighted by Crippen LogP contribution is -2.65. The van der Waals surface area contributed by atoms with Gasteiger partial charge in [0.2, 0.25) is 5.91 Å². The van der Waals surface area contributed by atoms with Crippen LogP contribution in [0, 0.1) is 11.8 Å². The quantitative estimate of drug-likeness (QED) is 0.599. The average Bonchev–Trinajstić information content (AvgIpc) is 3.17. The summed E-state index contributed by atoms with van der Waals surface area (Å²) in [7, 11) is 0. The SMILES string of the molecule is CC(C)[C@H]1CO[C@]23CCN(C(=O)OCCCc4ccc(C(F)(F)F)cc4)C[C@H]2CCC(=O)N13. The van der Waals surface area contributed by atoms with Crippen LogP contribution >= 0.6 is 0 Å². The molecule has 1 aromatic rings. The van der Waals surface area contributed by atoms with E-state index in [1.165, 1.54) is 12.1 Å². The zero-order valence-electron chi connectivity index (χ0n) is 19.1. The maximum atomic E-state index is 12.7. The van der Waals surface area contributed by atoms with Crippen LogP contribution in [0.5, 0.6) is 0 Å². The summed E-state index contributed by atoms with van der Waals surface area (Å²) in [4.78, 5) is 29.0. The number of hydrogen-bond donors (Lipinski definition) is 0. The number of ether oxygens (including phenoxy) is 2. The Hall–Kier alpha value is -2.29. The fourth-order valence-electron chi connectivity index (χ4n) is 5.34. The Morgan fingerprint density at radius 2 is 2.00 bits per heavy atom. The molecule has 0 radical (unpaired) electrons. The van der Waals surface area contributed by atoms with Crippen LogP contribution in [-0.4, -0.2) is 59.9 Å². The summed E-state index contributed by atoms with van der Waals surface area (Å²) in [6, 6.07) is 5.12. The second-order valence-corrected chi connectivity index (χ2v) is 9.58. The predicted octanol–water partition coefficient (Wildman–Crippen LogP) is 4.47. The molecule has 9 heteroatoms. The molecule has 3 heterocycles. The first-order valence-corrected chi connectivity index (χ1v) is 11.7. The molecule has 0 N–H and O–H groups in total. The molecule has 182 valence electrons. The number of rotatable bonds is 5. The third-order valence-corrected chi connectivity index (χ3v) is 7.18. The summed E-state index contributed by atoms with van der Waals surface area (Å²) in [6.07, 6.45) is -1.94. The van der Waals surface area contributed by atoms with E-state index in [4.69, 9.17) is 9.47 Å². The number of likely N-dealkylation sites (tertiary alicyclic amines) is 1. The van der Waals surface area contributed by atoms with Gasteiger partial charge in [0.15, 0.2) is 0 Å². The summed E-state index contributed by atoms with van der Waals surface area (Å²) >= 11 is 0. The lowest BCUT2D eigenvalue weighted by molar-refractivity contribution is -0.190. The third kappa shape index (κ3) is 4.69. The van der Waals surface area contributed by atoms with Gasteiger partial charge in [0.1, 0.15) is 5.72 Å². The number of carbonyl (C=O) groups is 2. The average molecular weight is 469 g/mol. The second kappa shape index (κ2) is 9.16. The van der Waals surface area contributed by atoms with Gasteiger partial charge < -0.3 is 19.3 Å². The summed E-state index contributed by atoms with van der Waals surface area (Å²) in [5.41, 5.74) is -0.512. The van der Waals surface area contributed by atoms with Crippen LogP contribution in [0.15, 0.2) is 24.3 Å². The van der Waals surface area contributed by atoms with E-state index in [0.29, 0.717) is 57.7 Å². The number of amides is 2. The minimum Gasteiger partial charge on any atom is -0.449 e. The Bertz CT molecular complexity index is 873. The van der Waals surface area contributed by atoms with Crippen molar-refractivity contribution in [3.63, 3.8) is 0 Å². The van der Waals surface area contributed by atoms with Crippen molar-refractivity contribution in [3.05, 3.63) is 35.4 Å². The Morgan fingerprint density at radius 1 is 1.27 bits per heavy atom. The van der Waals surface area contributed by atoms with Crippen LogP contribution in [0.2, 0.25) is 0 Å². The van der Waals surface area contributed by atoms with Gasteiger partial charge in [0, 0.05) is 31.8 Å². The van der Waals surface area contributed by atoms with Crippen molar-refractivity contribution in [2.75, 3.05) is 26.3 Å². The molecule has 33 heavy (non-hydrogen) atoms. The van der Waals surface area contributed by atoms with Crippen LogP contribution in [0.3, 0.4) is 0 Å². The zero-order valence-corrected chi connectivity index (χ0v) is 19.1. The van der Waals surface area contributed by atoms with E-state index in [9.17, 15) is 22.8 Å². The molecule has 3 aliphatic rings. The van der Waals surface area contributed by atoms with Gasteiger partial charge in [-0.1, -0.05) is 26.0 Å². The smallest absolute Gasteiger partial charge is 0.416 e. The van der Waals surface area contributed by atoms with Crippen molar-refractivity contribution >= 4 is 12.0 Å². The van der Waals surface area contributed by atoms with Crippen molar-refractivity contribution in [1.29, 1.82) is 0 Å². The Morgan fingerprint density at radius 3 is 2.67 bits per heavy atom. The van der Waals surface area contributed by atoms with E-state index in [2.05, 4.69) is 13.8 Å². The second-order valence-electron chi connectivity index (χ2n) is 9.58. The lowest BCUT2D eigenvalue weighted by atomic mass is 9.79. The molecular formula is C24H31F3N2O4. The number of alkyl halides is 3. The van der Waals surface area contributed by atoms with Crippen LogP contribution in [0.1, 0.15) is 50.7 Å². The topological polar surface area (TPSA) is 59.1 Å². The van der Waals surface area contributed by atoms with Gasteiger partial charge in [0.05, 0.1) is 24.8 Å². The summed E-state index contributed by atoms with van der Waals surface area (Å²) in [5.74, 6) is 0.508. The molecule has 0 saturated carbocycles. The van der Waals surface area contributed by atoms with Crippen LogP contribution in [0.4, 0.5) is 18.0 Å². The third-order valence-electron chi connectivity index (χ3n) is 7.18. The number of aryl methyl sites for hydroxylation is 1. The summed E-state index contributed by atoms with van der Waals surface area (Å²) < 4.78 is 49.6. The Balaban J connectivity index is 1.27. The van der Waals surface area contributed by atoms with Gasteiger partial charge in [-0.2, -0.15) is 13.2 Å². The molecule has 3 atom stereocenters. The van der Waals surface area contributed by atoms with Gasteiger partial charge in [-0.15, -0.1) is 0 Å². The van der Waals surface area contributed by atoms with Crippen LogP contribution in [0.25, 0.3) is 0 Å². The molecule has 0 aliphatic carbocycles. The van der Waals surface area contributed by atoms with E-state index in [-0.39, 0.29) is 30.6 Å². The molecule has 3 fully saturated rings. The molecule has 0 bridgehead atoms. The minimum atomic E-state index is -4.34. The van der Waals surface area contributed by atoms with E-state index in [1.54, 1.807) is 4.90 Å². The monoisotopic (exact) mass is 468 g/mol. The number of nitrogens with zero attached hydrogens (tertiary/aromatic N) is 2. The highest BCUT2D eigenvalue weighted by Crippen LogP contribution is 2.47. The fourth-order valence-corrected chi connectivity index (χ4v) is 5.34. The standard InChI is InChI=1S/C24H31F3N2O4/c1-16(2)20-15-33-23-11-12-28(14-19(23)9-10-21(30)29(20)23)22(31)32-13-3-4-17-5-7-18(8-6-17)24(25,26)27/h5-8,16,19-20H,3-4,9-15H2,1-2H3/t19-,20-,23-/m1/s1.